The normalized spacial score (nSPS) is 20.4. The van der Waals surface area contributed by atoms with Gasteiger partial charge in [0.1, 0.15) is 0 Å². The fourth-order valence-electron chi connectivity index (χ4n) is 2.52. The van der Waals surface area contributed by atoms with Crippen molar-refractivity contribution in [2.45, 2.75) is 24.6 Å². The van der Waals surface area contributed by atoms with E-state index < -0.39 is 27.6 Å². The summed E-state index contributed by atoms with van der Waals surface area (Å²) in [5, 5.41) is 15.5. The van der Waals surface area contributed by atoms with E-state index in [1.165, 1.54) is 18.2 Å². The minimum absolute atomic E-state index is 0.123. The lowest BCUT2D eigenvalue weighted by molar-refractivity contribution is -0.141. The average Bonchev–Trinajstić information content (AvgIpc) is 2.37. The number of aliphatic hydroxyl groups is 1. The van der Waals surface area contributed by atoms with E-state index in [0.717, 1.165) is 10.4 Å². The summed E-state index contributed by atoms with van der Waals surface area (Å²) in [6, 6.07) is 4.78. The minimum Gasteiger partial charge on any atom is -0.385 e. The fourth-order valence-corrected chi connectivity index (χ4v) is 3.21. The molecule has 0 spiro atoms. The van der Waals surface area contributed by atoms with Gasteiger partial charge in [0, 0.05) is 13.1 Å². The van der Waals surface area contributed by atoms with Crippen molar-refractivity contribution >= 4 is 10.2 Å². The Morgan fingerprint density at radius 1 is 1.19 bits per heavy atom. The first-order valence-corrected chi connectivity index (χ1v) is 7.71. The molecular formula is C12H15F3N2O3S. The molecule has 5 nitrogen and oxygen atoms in total. The molecule has 0 radical (unpaired) electrons. The highest BCUT2D eigenvalue weighted by atomic mass is 32.2. The van der Waals surface area contributed by atoms with E-state index in [9.17, 15) is 26.7 Å². The van der Waals surface area contributed by atoms with Gasteiger partial charge in [-0.3, -0.25) is 0 Å². The number of nitrogens with zero attached hydrogens (tertiary/aromatic N) is 1. The largest absolute Gasteiger partial charge is 0.416 e. The molecule has 118 valence electrons. The topological polar surface area (TPSA) is 83.6 Å². The third-order valence-corrected chi connectivity index (χ3v) is 4.73. The molecule has 3 N–H and O–H groups in total. The summed E-state index contributed by atoms with van der Waals surface area (Å²) in [6.07, 6.45) is -4.86. The Bertz CT molecular complexity index is 623. The van der Waals surface area contributed by atoms with Gasteiger partial charge in [-0.15, -0.1) is 0 Å². The molecule has 0 atom stereocenters. The lowest BCUT2D eigenvalue weighted by atomic mass is 9.82. The molecule has 1 aromatic carbocycles. The van der Waals surface area contributed by atoms with Gasteiger partial charge in [-0.25, -0.2) is 5.14 Å². The van der Waals surface area contributed by atoms with Crippen molar-refractivity contribution in [2.75, 3.05) is 13.1 Å². The first-order valence-electron chi connectivity index (χ1n) is 6.21. The van der Waals surface area contributed by atoms with Crippen LogP contribution in [0.3, 0.4) is 0 Å². The third kappa shape index (κ3) is 3.37. The molecule has 9 heteroatoms. The summed E-state index contributed by atoms with van der Waals surface area (Å²) in [4.78, 5) is 0. The Hall–Kier alpha value is -1.16. The van der Waals surface area contributed by atoms with Crippen LogP contribution in [0.4, 0.5) is 13.2 Å². The number of rotatable bonds is 2. The van der Waals surface area contributed by atoms with Gasteiger partial charge in [-0.05, 0) is 24.5 Å². The molecule has 0 unspecified atom stereocenters. The van der Waals surface area contributed by atoms with Gasteiger partial charge in [-0.2, -0.15) is 25.9 Å². The lowest BCUT2D eigenvalue weighted by Crippen LogP contribution is -2.47. The van der Waals surface area contributed by atoms with Gasteiger partial charge in [-0.1, -0.05) is 18.2 Å². The SMILES string of the molecule is NS(=O)(=O)N1CCC(O)(c2ccccc2C(F)(F)F)CC1. The Morgan fingerprint density at radius 3 is 2.19 bits per heavy atom. The zero-order valence-electron chi connectivity index (χ0n) is 11.0. The van der Waals surface area contributed by atoms with Crippen LogP contribution in [0.5, 0.6) is 0 Å². The zero-order valence-corrected chi connectivity index (χ0v) is 11.8. The molecule has 1 saturated heterocycles. The molecule has 0 amide bonds. The highest BCUT2D eigenvalue weighted by Gasteiger charge is 2.43. The molecule has 0 saturated carbocycles. The van der Waals surface area contributed by atoms with Crippen molar-refractivity contribution in [3.63, 3.8) is 0 Å². The number of halogens is 3. The fraction of sp³-hybridized carbons (Fsp3) is 0.500. The Morgan fingerprint density at radius 2 is 1.71 bits per heavy atom. The third-order valence-electron chi connectivity index (χ3n) is 3.64. The van der Waals surface area contributed by atoms with E-state index in [1.807, 2.05) is 0 Å². The predicted octanol–water partition coefficient (Wildman–Crippen LogP) is 1.19. The van der Waals surface area contributed by atoms with Gasteiger partial charge in [0.25, 0.3) is 10.2 Å². The van der Waals surface area contributed by atoms with Crippen molar-refractivity contribution in [3.05, 3.63) is 35.4 Å². The van der Waals surface area contributed by atoms with Crippen molar-refractivity contribution in [3.8, 4) is 0 Å². The maximum Gasteiger partial charge on any atom is 0.416 e. The molecule has 0 bridgehead atoms. The summed E-state index contributed by atoms with van der Waals surface area (Å²) < 4.78 is 62.4. The molecule has 1 heterocycles. The van der Waals surface area contributed by atoms with E-state index in [2.05, 4.69) is 0 Å². The van der Waals surface area contributed by atoms with Crippen molar-refractivity contribution in [1.29, 1.82) is 0 Å². The molecule has 1 aliphatic heterocycles. The monoisotopic (exact) mass is 324 g/mol. The standard InChI is InChI=1S/C12H15F3N2O3S/c13-12(14,15)10-4-2-1-3-9(10)11(18)5-7-17(8-6-11)21(16,19)20/h1-4,18H,5-8H2,(H2,16,19,20). The number of alkyl halides is 3. The average molecular weight is 324 g/mol. The molecule has 1 fully saturated rings. The summed E-state index contributed by atoms with van der Waals surface area (Å²) in [7, 11) is -3.90. The summed E-state index contributed by atoms with van der Waals surface area (Å²) >= 11 is 0. The molecular weight excluding hydrogens is 309 g/mol. The first-order chi connectivity index (χ1) is 9.54. The van der Waals surface area contributed by atoms with E-state index >= 15 is 0 Å². The van der Waals surface area contributed by atoms with Crippen LogP contribution in [-0.2, 0) is 22.0 Å². The minimum atomic E-state index is -4.58. The van der Waals surface area contributed by atoms with Crippen LogP contribution in [0.2, 0.25) is 0 Å². The van der Waals surface area contributed by atoms with Crippen molar-refractivity contribution in [1.82, 2.24) is 4.31 Å². The first kappa shape index (κ1) is 16.2. The maximum absolute atomic E-state index is 13.0. The van der Waals surface area contributed by atoms with E-state index in [1.54, 1.807) is 0 Å². The summed E-state index contributed by atoms with van der Waals surface area (Å²) in [6.45, 7) is -0.247. The van der Waals surface area contributed by atoms with Gasteiger partial charge >= 0.3 is 6.18 Å². The van der Waals surface area contributed by atoms with E-state index in [0.29, 0.717) is 0 Å². The summed E-state index contributed by atoms with van der Waals surface area (Å²) in [5.41, 5.74) is -2.85. The lowest BCUT2D eigenvalue weighted by Gasteiger charge is -2.38. The molecule has 0 aromatic heterocycles. The zero-order chi connectivity index (χ0) is 15.9. The smallest absolute Gasteiger partial charge is 0.385 e. The number of hydrogen-bond donors (Lipinski definition) is 2. The predicted molar refractivity (Wildman–Crippen MR) is 69.3 cm³/mol. The van der Waals surface area contributed by atoms with Crippen LogP contribution < -0.4 is 5.14 Å². The van der Waals surface area contributed by atoms with Crippen LogP contribution in [0, 0.1) is 0 Å². The van der Waals surface area contributed by atoms with E-state index in [-0.39, 0.29) is 31.5 Å². The second kappa shape index (κ2) is 5.24. The van der Waals surface area contributed by atoms with Crippen LogP contribution in [0.1, 0.15) is 24.0 Å². The number of benzene rings is 1. The number of hydrogen-bond acceptors (Lipinski definition) is 3. The van der Waals surface area contributed by atoms with Crippen LogP contribution in [-0.4, -0.2) is 30.9 Å². The van der Waals surface area contributed by atoms with Crippen molar-refractivity contribution in [2.24, 2.45) is 5.14 Å². The van der Waals surface area contributed by atoms with Gasteiger partial charge in [0.05, 0.1) is 11.2 Å². The molecule has 0 aliphatic carbocycles. The van der Waals surface area contributed by atoms with Crippen LogP contribution in [0.15, 0.2) is 24.3 Å². The second-order valence-electron chi connectivity index (χ2n) is 5.02. The van der Waals surface area contributed by atoms with Gasteiger partial charge < -0.3 is 5.11 Å². The van der Waals surface area contributed by atoms with Gasteiger partial charge in [0.15, 0.2) is 0 Å². The Labute approximate surface area is 120 Å². The van der Waals surface area contributed by atoms with Crippen LogP contribution in [0.25, 0.3) is 0 Å². The van der Waals surface area contributed by atoms with E-state index in [4.69, 9.17) is 5.14 Å². The molecule has 21 heavy (non-hydrogen) atoms. The number of nitrogens with two attached hydrogens (primary N) is 1. The highest BCUT2D eigenvalue weighted by molar-refractivity contribution is 7.86. The molecule has 1 aromatic rings. The molecule has 1 aliphatic rings. The Balaban J connectivity index is 2.32. The summed E-state index contributed by atoms with van der Waals surface area (Å²) in [5.74, 6) is 0. The number of piperidine rings is 1. The Kier molecular flexibility index (Phi) is 4.04. The van der Waals surface area contributed by atoms with Gasteiger partial charge in [0.2, 0.25) is 0 Å². The quantitative estimate of drug-likeness (QED) is 0.857. The second-order valence-corrected chi connectivity index (χ2v) is 6.57. The van der Waals surface area contributed by atoms with Crippen LogP contribution >= 0.6 is 0 Å². The maximum atomic E-state index is 13.0. The highest BCUT2D eigenvalue weighted by Crippen LogP contribution is 2.41. The van der Waals surface area contributed by atoms with Crippen molar-refractivity contribution < 1.29 is 26.7 Å². The molecule has 2 rings (SSSR count).